The molecule has 140 valence electrons. The Kier molecular flexibility index (Phi) is 5.87. The van der Waals surface area contributed by atoms with Crippen molar-refractivity contribution in [3.05, 3.63) is 0 Å². The normalized spacial score (nSPS) is 38.5. The van der Waals surface area contributed by atoms with Gasteiger partial charge in [-0.3, -0.25) is 4.90 Å². The standard InChI is InChI=1S/C19H35NO4/c1-13(21)9-20(10-14(2)22)11-18(23)12-24-19-6-15-3-16(7-19)5-17(4-15)8-19/h13-18,21-23H,3-12H2,1-2H3/t13-,14-,15?,16?,17?,18+,19?/m0/s1. The summed E-state index contributed by atoms with van der Waals surface area (Å²) < 4.78 is 6.31. The molecule has 4 bridgehead atoms. The third kappa shape index (κ3) is 4.70. The van der Waals surface area contributed by atoms with Crippen molar-refractivity contribution < 1.29 is 20.1 Å². The average Bonchev–Trinajstić information content (AvgIpc) is 2.42. The summed E-state index contributed by atoms with van der Waals surface area (Å²) in [6, 6.07) is 0. The van der Waals surface area contributed by atoms with Gasteiger partial charge in [-0.2, -0.15) is 0 Å². The van der Waals surface area contributed by atoms with Gasteiger partial charge < -0.3 is 20.1 Å². The van der Waals surface area contributed by atoms with Crippen LogP contribution < -0.4 is 0 Å². The van der Waals surface area contributed by atoms with E-state index in [2.05, 4.69) is 0 Å². The molecule has 4 aliphatic carbocycles. The monoisotopic (exact) mass is 341 g/mol. The minimum atomic E-state index is -0.574. The van der Waals surface area contributed by atoms with E-state index in [1.807, 2.05) is 4.90 Å². The fourth-order valence-electron chi connectivity index (χ4n) is 5.80. The third-order valence-electron chi connectivity index (χ3n) is 6.08. The first-order chi connectivity index (χ1) is 11.3. The van der Waals surface area contributed by atoms with Crippen molar-refractivity contribution in [2.45, 2.75) is 76.3 Å². The number of ether oxygens (including phenoxy) is 1. The molecule has 0 saturated heterocycles. The van der Waals surface area contributed by atoms with E-state index in [1.54, 1.807) is 13.8 Å². The van der Waals surface area contributed by atoms with Crippen LogP contribution in [0.15, 0.2) is 0 Å². The quantitative estimate of drug-likeness (QED) is 0.591. The first kappa shape index (κ1) is 18.6. The van der Waals surface area contributed by atoms with E-state index in [1.165, 1.54) is 38.5 Å². The van der Waals surface area contributed by atoms with Crippen molar-refractivity contribution in [2.75, 3.05) is 26.2 Å². The van der Waals surface area contributed by atoms with Crippen LogP contribution >= 0.6 is 0 Å². The Labute approximate surface area is 146 Å². The molecule has 3 atom stereocenters. The Morgan fingerprint density at radius 3 is 1.75 bits per heavy atom. The number of nitrogens with zero attached hydrogens (tertiary/aromatic N) is 1. The Hall–Kier alpha value is -0.200. The van der Waals surface area contributed by atoms with Gasteiger partial charge in [-0.1, -0.05) is 0 Å². The maximum atomic E-state index is 10.4. The predicted molar refractivity (Wildman–Crippen MR) is 92.7 cm³/mol. The fourth-order valence-corrected chi connectivity index (χ4v) is 5.80. The highest BCUT2D eigenvalue weighted by Gasteiger charge is 2.51. The lowest BCUT2D eigenvalue weighted by atomic mass is 9.54. The summed E-state index contributed by atoms with van der Waals surface area (Å²) in [6.07, 6.45) is 6.19. The van der Waals surface area contributed by atoms with Crippen molar-refractivity contribution in [1.29, 1.82) is 0 Å². The van der Waals surface area contributed by atoms with Crippen molar-refractivity contribution in [2.24, 2.45) is 17.8 Å². The molecule has 0 spiro atoms. The SMILES string of the molecule is C[C@H](O)CN(C[C@@H](O)COC12CC3CC(CC(C3)C1)C2)C[C@H](C)O. The summed E-state index contributed by atoms with van der Waals surface area (Å²) in [4.78, 5) is 1.92. The van der Waals surface area contributed by atoms with E-state index in [-0.39, 0.29) is 5.60 Å². The van der Waals surface area contributed by atoms with E-state index in [0.29, 0.717) is 26.2 Å². The van der Waals surface area contributed by atoms with Gasteiger partial charge in [0.25, 0.3) is 0 Å². The van der Waals surface area contributed by atoms with E-state index >= 15 is 0 Å². The van der Waals surface area contributed by atoms with E-state index < -0.39 is 18.3 Å². The maximum absolute atomic E-state index is 10.4. The van der Waals surface area contributed by atoms with Gasteiger partial charge in [-0.05, 0) is 70.1 Å². The van der Waals surface area contributed by atoms with Crippen molar-refractivity contribution in [3.8, 4) is 0 Å². The zero-order valence-electron chi connectivity index (χ0n) is 15.2. The van der Waals surface area contributed by atoms with E-state index in [9.17, 15) is 15.3 Å². The molecule has 4 rings (SSSR count). The number of rotatable bonds is 9. The van der Waals surface area contributed by atoms with Crippen LogP contribution in [-0.4, -0.2) is 70.4 Å². The van der Waals surface area contributed by atoms with Crippen LogP contribution in [0.5, 0.6) is 0 Å². The summed E-state index contributed by atoms with van der Waals surface area (Å²) in [6.45, 7) is 5.17. The lowest BCUT2D eigenvalue weighted by Gasteiger charge is -2.56. The van der Waals surface area contributed by atoms with Gasteiger partial charge >= 0.3 is 0 Å². The molecular weight excluding hydrogens is 306 g/mol. The first-order valence-electron chi connectivity index (χ1n) is 9.74. The molecule has 0 heterocycles. The first-order valence-corrected chi connectivity index (χ1v) is 9.74. The molecule has 5 heteroatoms. The van der Waals surface area contributed by atoms with Crippen LogP contribution in [0.25, 0.3) is 0 Å². The van der Waals surface area contributed by atoms with Crippen molar-refractivity contribution in [1.82, 2.24) is 4.90 Å². The lowest BCUT2D eigenvalue weighted by molar-refractivity contribution is -0.176. The number of aliphatic hydroxyl groups excluding tert-OH is 3. The Morgan fingerprint density at radius 1 is 0.875 bits per heavy atom. The fraction of sp³-hybridized carbons (Fsp3) is 1.00. The topological polar surface area (TPSA) is 73.2 Å². The molecule has 4 fully saturated rings. The highest BCUT2D eigenvalue weighted by Crippen LogP contribution is 2.57. The van der Waals surface area contributed by atoms with Crippen molar-refractivity contribution in [3.63, 3.8) is 0 Å². The van der Waals surface area contributed by atoms with Gasteiger partial charge in [0.15, 0.2) is 0 Å². The zero-order chi connectivity index (χ0) is 17.3. The van der Waals surface area contributed by atoms with Crippen LogP contribution in [0.2, 0.25) is 0 Å². The summed E-state index contributed by atoms with van der Waals surface area (Å²) in [7, 11) is 0. The second kappa shape index (κ2) is 7.58. The average molecular weight is 341 g/mol. The van der Waals surface area contributed by atoms with Crippen molar-refractivity contribution >= 4 is 0 Å². The molecule has 4 aliphatic rings. The van der Waals surface area contributed by atoms with Gasteiger partial charge in [-0.15, -0.1) is 0 Å². The van der Waals surface area contributed by atoms with E-state index in [4.69, 9.17) is 4.74 Å². The smallest absolute Gasteiger partial charge is 0.0900 e. The molecule has 24 heavy (non-hydrogen) atoms. The van der Waals surface area contributed by atoms with Crippen LogP contribution in [0, 0.1) is 17.8 Å². The third-order valence-corrected chi connectivity index (χ3v) is 6.08. The molecule has 3 N–H and O–H groups in total. The number of aliphatic hydroxyl groups is 3. The molecule has 0 unspecified atom stereocenters. The van der Waals surface area contributed by atoms with Gasteiger partial charge in [-0.25, -0.2) is 0 Å². The van der Waals surface area contributed by atoms with Crippen LogP contribution in [0.1, 0.15) is 52.4 Å². The molecule has 4 saturated carbocycles. The number of hydrogen-bond acceptors (Lipinski definition) is 5. The number of hydrogen-bond donors (Lipinski definition) is 3. The van der Waals surface area contributed by atoms with Gasteiger partial charge in [0.1, 0.15) is 0 Å². The zero-order valence-corrected chi connectivity index (χ0v) is 15.2. The molecule has 5 nitrogen and oxygen atoms in total. The summed E-state index contributed by atoms with van der Waals surface area (Å²) in [5.41, 5.74) is 0.0229. The van der Waals surface area contributed by atoms with Gasteiger partial charge in [0.05, 0.1) is 30.5 Å². The molecule has 0 radical (unpaired) electrons. The summed E-state index contributed by atoms with van der Waals surface area (Å²) >= 11 is 0. The second-order valence-corrected chi connectivity index (χ2v) is 8.98. The summed E-state index contributed by atoms with van der Waals surface area (Å²) in [5.74, 6) is 2.53. The molecule has 0 amide bonds. The Morgan fingerprint density at radius 2 is 1.33 bits per heavy atom. The molecule has 0 aromatic rings. The Balaban J connectivity index is 1.48. The predicted octanol–water partition coefficient (Wildman–Crippen LogP) is 1.40. The van der Waals surface area contributed by atoms with Crippen LogP contribution in [0.3, 0.4) is 0 Å². The van der Waals surface area contributed by atoms with Gasteiger partial charge in [0, 0.05) is 19.6 Å². The van der Waals surface area contributed by atoms with Gasteiger partial charge in [0.2, 0.25) is 0 Å². The van der Waals surface area contributed by atoms with E-state index in [0.717, 1.165) is 17.8 Å². The highest BCUT2D eigenvalue weighted by molar-refractivity contribution is 5.03. The minimum absolute atomic E-state index is 0.0229. The molecule has 0 aromatic carbocycles. The van der Waals surface area contributed by atoms with Crippen LogP contribution in [-0.2, 0) is 4.74 Å². The second-order valence-electron chi connectivity index (χ2n) is 8.98. The maximum Gasteiger partial charge on any atom is 0.0900 e. The molecular formula is C19H35NO4. The minimum Gasteiger partial charge on any atom is -0.392 e. The Bertz CT molecular complexity index is 367. The largest absolute Gasteiger partial charge is 0.392 e. The molecule has 0 aromatic heterocycles. The van der Waals surface area contributed by atoms with Crippen LogP contribution in [0.4, 0.5) is 0 Å². The molecule has 0 aliphatic heterocycles. The lowest BCUT2D eigenvalue weighted by Crippen LogP contribution is -2.53. The summed E-state index contributed by atoms with van der Waals surface area (Å²) in [5, 5.41) is 29.6. The highest BCUT2D eigenvalue weighted by atomic mass is 16.5.